The number of amides is 2. The van der Waals surface area contributed by atoms with E-state index in [4.69, 9.17) is 10.9 Å². The molecule has 4 N–H and O–H groups in total. The molecule has 0 spiro atoms. The third-order valence-electron chi connectivity index (χ3n) is 1.66. The zero-order valence-corrected chi connectivity index (χ0v) is 9.74. The van der Waals surface area contributed by atoms with Crippen molar-refractivity contribution in [3.63, 3.8) is 0 Å². The minimum Gasteiger partial charge on any atom is -0.409 e. The van der Waals surface area contributed by atoms with Crippen molar-refractivity contribution in [1.82, 2.24) is 10.2 Å². The number of nitrogens with zero attached hydrogens (tertiary/aromatic N) is 2. The summed E-state index contributed by atoms with van der Waals surface area (Å²) in [6.07, 6.45) is 0.352. The van der Waals surface area contributed by atoms with Crippen LogP contribution in [-0.2, 0) is 0 Å². The van der Waals surface area contributed by atoms with E-state index in [9.17, 15) is 4.79 Å². The van der Waals surface area contributed by atoms with Crippen molar-refractivity contribution in [2.75, 3.05) is 13.6 Å². The lowest BCUT2D eigenvalue weighted by Crippen LogP contribution is -2.47. The van der Waals surface area contributed by atoms with Gasteiger partial charge in [-0.05, 0) is 20.8 Å². The first kappa shape index (κ1) is 13.5. The normalized spacial score (nSPS) is 12.4. The maximum atomic E-state index is 11.5. The standard InChI is InChI=1S/C9H20N4O2/c1-9(2,3)11-8(14)13(4)6-5-7(10)12-15/h15H,5-6H2,1-4H3,(H2,10,12)(H,11,14). The second kappa shape index (κ2) is 5.43. The van der Waals surface area contributed by atoms with Gasteiger partial charge in [0.15, 0.2) is 0 Å². The van der Waals surface area contributed by atoms with Crippen molar-refractivity contribution in [2.45, 2.75) is 32.7 Å². The van der Waals surface area contributed by atoms with Crippen LogP contribution in [0.4, 0.5) is 4.79 Å². The number of carbonyl (C=O) groups is 1. The molecule has 0 aliphatic heterocycles. The lowest BCUT2D eigenvalue weighted by atomic mass is 10.1. The highest BCUT2D eigenvalue weighted by Crippen LogP contribution is 2.00. The number of rotatable bonds is 3. The van der Waals surface area contributed by atoms with Crippen molar-refractivity contribution in [3.8, 4) is 0 Å². The number of hydrogen-bond donors (Lipinski definition) is 3. The zero-order chi connectivity index (χ0) is 12.1. The summed E-state index contributed by atoms with van der Waals surface area (Å²) in [7, 11) is 1.66. The Hall–Kier alpha value is -1.46. The monoisotopic (exact) mass is 216 g/mol. The summed E-state index contributed by atoms with van der Waals surface area (Å²) in [4.78, 5) is 13.0. The minimum atomic E-state index is -0.262. The largest absolute Gasteiger partial charge is 0.409 e. The molecule has 0 aromatic carbocycles. The van der Waals surface area contributed by atoms with Crippen LogP contribution in [0.5, 0.6) is 0 Å². The molecule has 0 aliphatic carbocycles. The molecule has 2 amide bonds. The maximum absolute atomic E-state index is 11.5. The van der Waals surface area contributed by atoms with Gasteiger partial charge in [-0.25, -0.2) is 4.79 Å². The Morgan fingerprint density at radius 1 is 1.53 bits per heavy atom. The van der Waals surface area contributed by atoms with Crippen LogP contribution in [0.2, 0.25) is 0 Å². The molecule has 0 atom stereocenters. The second-order valence-corrected chi connectivity index (χ2v) is 4.44. The van der Waals surface area contributed by atoms with Crippen LogP contribution < -0.4 is 11.1 Å². The molecule has 0 saturated carbocycles. The van der Waals surface area contributed by atoms with E-state index < -0.39 is 0 Å². The topological polar surface area (TPSA) is 90.9 Å². The van der Waals surface area contributed by atoms with Crippen LogP contribution in [0.3, 0.4) is 0 Å². The fraction of sp³-hybridized carbons (Fsp3) is 0.778. The average molecular weight is 216 g/mol. The molecule has 0 aliphatic rings. The van der Waals surface area contributed by atoms with Gasteiger partial charge in [0.05, 0.1) is 0 Å². The van der Waals surface area contributed by atoms with Crippen molar-refractivity contribution >= 4 is 11.9 Å². The van der Waals surface area contributed by atoms with Crippen LogP contribution >= 0.6 is 0 Å². The Morgan fingerprint density at radius 3 is 2.47 bits per heavy atom. The van der Waals surface area contributed by atoms with Crippen LogP contribution in [0.1, 0.15) is 27.2 Å². The Balaban J connectivity index is 4.01. The van der Waals surface area contributed by atoms with Gasteiger partial charge in [-0.2, -0.15) is 0 Å². The molecule has 6 heteroatoms. The van der Waals surface area contributed by atoms with Gasteiger partial charge < -0.3 is 21.2 Å². The van der Waals surface area contributed by atoms with Crippen molar-refractivity contribution in [1.29, 1.82) is 0 Å². The SMILES string of the molecule is CN(CC/C(N)=N/O)C(=O)NC(C)(C)C. The first-order valence-corrected chi connectivity index (χ1v) is 4.76. The van der Waals surface area contributed by atoms with E-state index in [1.54, 1.807) is 7.05 Å². The number of nitrogens with one attached hydrogen (secondary N) is 1. The minimum absolute atomic E-state index is 0.116. The average Bonchev–Trinajstić information content (AvgIpc) is 2.10. The van der Waals surface area contributed by atoms with Gasteiger partial charge in [-0.3, -0.25) is 0 Å². The molecule has 0 radical (unpaired) electrons. The molecule has 6 nitrogen and oxygen atoms in total. The van der Waals surface area contributed by atoms with Gasteiger partial charge in [0.25, 0.3) is 0 Å². The van der Waals surface area contributed by atoms with Crippen LogP contribution in [0.25, 0.3) is 0 Å². The second-order valence-electron chi connectivity index (χ2n) is 4.44. The van der Waals surface area contributed by atoms with E-state index in [2.05, 4.69) is 10.5 Å². The van der Waals surface area contributed by atoms with E-state index in [1.807, 2.05) is 20.8 Å². The van der Waals surface area contributed by atoms with Gasteiger partial charge in [0.1, 0.15) is 5.84 Å². The Morgan fingerprint density at radius 2 is 2.07 bits per heavy atom. The van der Waals surface area contributed by atoms with Gasteiger partial charge in [-0.15, -0.1) is 0 Å². The van der Waals surface area contributed by atoms with E-state index >= 15 is 0 Å². The van der Waals surface area contributed by atoms with Gasteiger partial charge in [0, 0.05) is 25.6 Å². The summed E-state index contributed by atoms with van der Waals surface area (Å²) in [5.41, 5.74) is 5.03. The maximum Gasteiger partial charge on any atom is 0.317 e. The molecule has 88 valence electrons. The molecule has 0 fully saturated rings. The van der Waals surface area contributed by atoms with Crippen molar-refractivity contribution < 1.29 is 10.0 Å². The number of carbonyl (C=O) groups excluding carboxylic acids is 1. The summed E-state index contributed by atoms with van der Waals surface area (Å²) in [6.45, 7) is 6.13. The fourth-order valence-electron chi connectivity index (χ4n) is 0.850. The molecule has 0 aromatic rings. The lowest BCUT2D eigenvalue weighted by Gasteiger charge is -2.25. The van der Waals surface area contributed by atoms with Crippen molar-refractivity contribution in [3.05, 3.63) is 0 Å². The molecule has 0 aromatic heterocycles. The van der Waals surface area contributed by atoms with E-state index in [1.165, 1.54) is 4.90 Å². The smallest absolute Gasteiger partial charge is 0.317 e. The highest BCUT2D eigenvalue weighted by molar-refractivity contribution is 5.81. The number of urea groups is 1. The summed E-state index contributed by atoms with van der Waals surface area (Å²) >= 11 is 0. The van der Waals surface area contributed by atoms with Gasteiger partial charge >= 0.3 is 6.03 Å². The number of nitrogens with two attached hydrogens (primary N) is 1. The molecular formula is C9H20N4O2. The van der Waals surface area contributed by atoms with Crippen LogP contribution in [0, 0.1) is 0 Å². The number of hydrogen-bond acceptors (Lipinski definition) is 3. The third kappa shape index (κ3) is 6.59. The molecule has 0 rings (SSSR count). The summed E-state index contributed by atoms with van der Waals surface area (Å²) in [6, 6.07) is -0.173. The predicted molar refractivity (Wildman–Crippen MR) is 58.9 cm³/mol. The highest BCUT2D eigenvalue weighted by atomic mass is 16.4. The zero-order valence-electron chi connectivity index (χ0n) is 9.74. The van der Waals surface area contributed by atoms with E-state index in [0.717, 1.165) is 0 Å². The first-order chi connectivity index (χ1) is 6.76. The lowest BCUT2D eigenvalue weighted by molar-refractivity contribution is 0.200. The van der Waals surface area contributed by atoms with Crippen LogP contribution in [-0.4, -0.2) is 41.1 Å². The van der Waals surface area contributed by atoms with Gasteiger partial charge in [-0.1, -0.05) is 5.16 Å². The number of oxime groups is 1. The summed E-state index contributed by atoms with van der Waals surface area (Å²) in [5, 5.41) is 14.0. The first-order valence-electron chi connectivity index (χ1n) is 4.76. The highest BCUT2D eigenvalue weighted by Gasteiger charge is 2.16. The fourth-order valence-corrected chi connectivity index (χ4v) is 0.850. The van der Waals surface area contributed by atoms with E-state index in [-0.39, 0.29) is 17.4 Å². The Bertz CT molecular complexity index is 245. The quantitative estimate of drug-likeness (QED) is 0.279. The number of amidine groups is 1. The Kier molecular flexibility index (Phi) is 4.90. The summed E-state index contributed by atoms with van der Waals surface area (Å²) < 4.78 is 0. The molecule has 0 unspecified atom stereocenters. The van der Waals surface area contributed by atoms with Crippen LogP contribution in [0.15, 0.2) is 5.16 Å². The predicted octanol–water partition coefficient (Wildman–Crippen LogP) is 0.563. The Labute approximate surface area is 90.1 Å². The van der Waals surface area contributed by atoms with Gasteiger partial charge in [0.2, 0.25) is 0 Å². The molecule has 15 heavy (non-hydrogen) atoms. The molecule has 0 bridgehead atoms. The molecular weight excluding hydrogens is 196 g/mol. The molecule has 0 heterocycles. The van der Waals surface area contributed by atoms with E-state index in [0.29, 0.717) is 13.0 Å². The molecule has 0 saturated heterocycles. The summed E-state index contributed by atoms with van der Waals surface area (Å²) in [5.74, 6) is 0.116. The third-order valence-corrected chi connectivity index (χ3v) is 1.66. The van der Waals surface area contributed by atoms with Crippen molar-refractivity contribution in [2.24, 2.45) is 10.9 Å².